The van der Waals surface area contributed by atoms with Crippen molar-refractivity contribution in [2.24, 2.45) is 10.9 Å². The summed E-state index contributed by atoms with van der Waals surface area (Å²) >= 11 is 7.21. The first kappa shape index (κ1) is 19.5. The molecule has 1 aromatic carbocycles. The summed E-state index contributed by atoms with van der Waals surface area (Å²) in [5, 5.41) is 2.83. The maximum absolute atomic E-state index is 12.5. The molecule has 140 valence electrons. The van der Waals surface area contributed by atoms with Gasteiger partial charge in [-0.3, -0.25) is 9.59 Å². The minimum absolute atomic E-state index is 0.123. The van der Waals surface area contributed by atoms with Gasteiger partial charge in [0.25, 0.3) is 0 Å². The maximum Gasteiger partial charge on any atom is 0.341 e. The number of ether oxygens (including phenoxy) is 1. The second-order valence-electron chi connectivity index (χ2n) is 6.10. The van der Waals surface area contributed by atoms with Crippen LogP contribution < -0.4 is 0 Å². The van der Waals surface area contributed by atoms with E-state index >= 15 is 0 Å². The molecule has 0 aliphatic heterocycles. The molecule has 0 bridgehead atoms. The van der Waals surface area contributed by atoms with Crippen LogP contribution in [0.3, 0.4) is 0 Å². The van der Waals surface area contributed by atoms with E-state index in [1.54, 1.807) is 19.1 Å². The van der Waals surface area contributed by atoms with Crippen LogP contribution in [0.5, 0.6) is 0 Å². The van der Waals surface area contributed by atoms with Crippen molar-refractivity contribution in [3.8, 4) is 11.1 Å². The first-order valence-electron chi connectivity index (χ1n) is 8.65. The molecular weight excluding hydrogens is 386 g/mol. The van der Waals surface area contributed by atoms with Crippen LogP contribution in [-0.2, 0) is 14.3 Å². The summed E-state index contributed by atoms with van der Waals surface area (Å²) in [5.74, 6) is -1.56. The number of thiophene rings is 1. The Bertz CT molecular complexity index is 885. The van der Waals surface area contributed by atoms with E-state index < -0.39 is 11.9 Å². The van der Waals surface area contributed by atoms with E-state index in [-0.39, 0.29) is 18.2 Å². The number of halogens is 1. The van der Waals surface area contributed by atoms with Crippen molar-refractivity contribution in [2.75, 3.05) is 6.61 Å². The largest absolute Gasteiger partial charge is 0.462 e. The van der Waals surface area contributed by atoms with E-state index in [0.717, 1.165) is 5.56 Å². The smallest absolute Gasteiger partial charge is 0.341 e. The fourth-order valence-corrected chi connectivity index (χ4v) is 3.96. The Labute approximate surface area is 166 Å². The van der Waals surface area contributed by atoms with Gasteiger partial charge in [-0.2, -0.15) is 0 Å². The molecule has 1 aliphatic rings. The molecule has 2 aromatic rings. The van der Waals surface area contributed by atoms with Gasteiger partial charge in [-0.25, -0.2) is 9.79 Å². The minimum atomic E-state index is -0.824. The zero-order valence-corrected chi connectivity index (χ0v) is 16.3. The average Bonchev–Trinajstić information content (AvgIpc) is 3.06. The predicted molar refractivity (Wildman–Crippen MR) is 106 cm³/mol. The summed E-state index contributed by atoms with van der Waals surface area (Å²) in [6.45, 7) is 1.96. The van der Waals surface area contributed by atoms with E-state index in [0.29, 0.717) is 40.4 Å². The SMILES string of the molecule is CCOC(=O)c1c(-c2ccc(Cl)cc2)csc1N=CC1C(=O)CCCC1=O. The molecule has 27 heavy (non-hydrogen) atoms. The van der Waals surface area contributed by atoms with E-state index in [1.807, 2.05) is 17.5 Å². The zero-order chi connectivity index (χ0) is 19.4. The molecule has 5 nitrogen and oxygen atoms in total. The highest BCUT2D eigenvalue weighted by Crippen LogP contribution is 2.38. The predicted octanol–water partition coefficient (Wildman–Crippen LogP) is 4.89. The maximum atomic E-state index is 12.5. The third-order valence-corrected chi connectivity index (χ3v) is 5.43. The Morgan fingerprint density at radius 2 is 1.93 bits per heavy atom. The highest BCUT2D eigenvalue weighted by molar-refractivity contribution is 7.14. The Hall–Kier alpha value is -2.31. The van der Waals surface area contributed by atoms with Crippen LogP contribution in [0.25, 0.3) is 11.1 Å². The summed E-state index contributed by atoms with van der Waals surface area (Å²) in [7, 11) is 0. The van der Waals surface area contributed by atoms with Crippen molar-refractivity contribution in [1.29, 1.82) is 0 Å². The Kier molecular flexibility index (Phi) is 6.19. The van der Waals surface area contributed by atoms with Crippen molar-refractivity contribution in [2.45, 2.75) is 26.2 Å². The summed E-state index contributed by atoms with van der Waals surface area (Å²) in [5.41, 5.74) is 1.82. The molecule has 0 N–H and O–H groups in total. The summed E-state index contributed by atoms with van der Waals surface area (Å²) in [4.78, 5) is 40.8. The van der Waals surface area contributed by atoms with Gasteiger partial charge < -0.3 is 4.74 Å². The number of ketones is 2. The molecule has 7 heteroatoms. The second-order valence-corrected chi connectivity index (χ2v) is 7.39. The Morgan fingerprint density at radius 1 is 1.26 bits per heavy atom. The minimum Gasteiger partial charge on any atom is -0.462 e. The van der Waals surface area contributed by atoms with Crippen molar-refractivity contribution in [3.63, 3.8) is 0 Å². The molecule has 0 saturated heterocycles. The van der Waals surface area contributed by atoms with Gasteiger partial charge in [0.2, 0.25) is 0 Å². The molecule has 0 amide bonds. The highest BCUT2D eigenvalue weighted by atomic mass is 35.5. The van der Waals surface area contributed by atoms with Crippen LogP contribution in [0.15, 0.2) is 34.6 Å². The topological polar surface area (TPSA) is 72.8 Å². The Balaban J connectivity index is 1.98. The van der Waals surface area contributed by atoms with E-state index in [2.05, 4.69) is 4.99 Å². The molecule has 0 radical (unpaired) electrons. The van der Waals surface area contributed by atoms with Gasteiger partial charge in [0.05, 0.1) is 6.61 Å². The number of carbonyl (C=O) groups excluding carboxylic acids is 3. The zero-order valence-electron chi connectivity index (χ0n) is 14.7. The van der Waals surface area contributed by atoms with Crippen LogP contribution in [0.2, 0.25) is 5.02 Å². The molecular formula is C20H18ClNO4S. The summed E-state index contributed by atoms with van der Waals surface area (Å²) in [6, 6.07) is 7.11. The van der Waals surface area contributed by atoms with Crippen LogP contribution >= 0.6 is 22.9 Å². The number of hydrogen-bond donors (Lipinski definition) is 0. The first-order valence-corrected chi connectivity index (χ1v) is 9.91. The highest BCUT2D eigenvalue weighted by Gasteiger charge is 2.29. The third kappa shape index (κ3) is 4.34. The number of carbonyl (C=O) groups is 3. The standard InChI is InChI=1S/C20H18ClNO4S/c1-2-26-20(25)18-15(12-6-8-13(21)9-7-12)11-27-19(18)22-10-14-16(23)4-3-5-17(14)24/h6-11,14H,2-5H2,1H3. The van der Waals surface area contributed by atoms with Crippen molar-refractivity contribution < 1.29 is 19.1 Å². The molecule has 0 spiro atoms. The van der Waals surface area contributed by atoms with E-state index in [9.17, 15) is 14.4 Å². The van der Waals surface area contributed by atoms with E-state index in [4.69, 9.17) is 16.3 Å². The second kappa shape index (κ2) is 8.59. The number of esters is 1. The quantitative estimate of drug-likeness (QED) is 0.405. The van der Waals surface area contributed by atoms with Crippen LogP contribution in [0, 0.1) is 5.92 Å². The van der Waals surface area contributed by atoms with Crippen molar-refractivity contribution in [1.82, 2.24) is 0 Å². The van der Waals surface area contributed by atoms with E-state index in [1.165, 1.54) is 17.6 Å². The lowest BCUT2D eigenvalue weighted by atomic mass is 9.88. The van der Waals surface area contributed by atoms with Crippen LogP contribution in [0.1, 0.15) is 36.5 Å². The summed E-state index contributed by atoms with van der Waals surface area (Å²) < 4.78 is 5.18. The number of nitrogens with zero attached hydrogens (tertiary/aromatic N) is 1. The van der Waals surface area contributed by atoms with Gasteiger partial charge in [0.1, 0.15) is 28.0 Å². The molecule has 0 atom stereocenters. The van der Waals surface area contributed by atoms with Crippen molar-refractivity contribution >= 4 is 51.7 Å². The lowest BCUT2D eigenvalue weighted by Gasteiger charge is -2.14. The molecule has 1 aliphatic carbocycles. The van der Waals surface area contributed by atoms with Gasteiger partial charge in [0, 0.05) is 35.0 Å². The van der Waals surface area contributed by atoms with Crippen LogP contribution in [-0.4, -0.2) is 30.4 Å². The first-order chi connectivity index (χ1) is 13.0. The Morgan fingerprint density at radius 3 is 2.56 bits per heavy atom. The van der Waals surface area contributed by atoms with Gasteiger partial charge in [-0.05, 0) is 31.0 Å². The molecule has 3 rings (SSSR count). The average molecular weight is 404 g/mol. The molecule has 1 heterocycles. The van der Waals surface area contributed by atoms with Gasteiger partial charge in [-0.1, -0.05) is 23.7 Å². The molecule has 1 saturated carbocycles. The lowest BCUT2D eigenvalue weighted by Crippen LogP contribution is -2.29. The van der Waals surface area contributed by atoms with Crippen LogP contribution in [0.4, 0.5) is 5.00 Å². The van der Waals surface area contributed by atoms with Crippen molar-refractivity contribution in [3.05, 3.63) is 40.2 Å². The summed E-state index contributed by atoms with van der Waals surface area (Å²) in [6.07, 6.45) is 2.72. The number of benzene rings is 1. The monoisotopic (exact) mass is 403 g/mol. The molecule has 0 unspecified atom stereocenters. The molecule has 1 aromatic heterocycles. The fourth-order valence-electron chi connectivity index (χ4n) is 2.92. The fraction of sp³-hybridized carbons (Fsp3) is 0.300. The normalized spacial score (nSPS) is 15.5. The number of hydrogen-bond acceptors (Lipinski definition) is 6. The van der Waals surface area contributed by atoms with Gasteiger partial charge in [0.15, 0.2) is 0 Å². The number of rotatable bonds is 5. The van der Waals surface area contributed by atoms with Gasteiger partial charge in [-0.15, -0.1) is 11.3 Å². The lowest BCUT2D eigenvalue weighted by molar-refractivity contribution is -0.132. The number of aliphatic imine (C=N–C) groups is 1. The number of Topliss-reactive ketones (excluding diaryl/α,β-unsaturated/α-hetero) is 2. The third-order valence-electron chi connectivity index (χ3n) is 4.29. The van der Waals surface area contributed by atoms with Gasteiger partial charge >= 0.3 is 5.97 Å². The molecule has 1 fully saturated rings.